The highest BCUT2D eigenvalue weighted by Crippen LogP contribution is 2.31. The summed E-state index contributed by atoms with van der Waals surface area (Å²) in [6.45, 7) is 0.317. The quantitative estimate of drug-likeness (QED) is 0.301. The lowest BCUT2D eigenvalue weighted by atomic mass is 9.96. The van der Waals surface area contributed by atoms with Crippen molar-refractivity contribution >= 4 is 27.6 Å². The summed E-state index contributed by atoms with van der Waals surface area (Å²) < 4.78 is 14.4. The van der Waals surface area contributed by atoms with Gasteiger partial charge in [-0.05, 0) is 53.1 Å². The molecule has 0 bridgehead atoms. The zero-order chi connectivity index (χ0) is 22.3. The Morgan fingerprint density at radius 3 is 1.84 bits per heavy atom. The van der Waals surface area contributed by atoms with Crippen molar-refractivity contribution in [2.75, 3.05) is 5.32 Å². The lowest BCUT2D eigenvalue weighted by molar-refractivity contribution is 0.194. The van der Waals surface area contributed by atoms with Crippen molar-refractivity contribution in [3.05, 3.63) is 136 Å². The van der Waals surface area contributed by atoms with Crippen LogP contribution in [0.1, 0.15) is 22.7 Å². The van der Waals surface area contributed by atoms with Crippen molar-refractivity contribution in [1.29, 1.82) is 0 Å². The third-order valence-electron chi connectivity index (χ3n) is 5.16. The van der Waals surface area contributed by atoms with Crippen LogP contribution < -0.4 is 5.32 Å². The van der Waals surface area contributed by atoms with Crippen LogP contribution >= 0.6 is 15.9 Å². The molecular formula is C27H22BrFN2O. The fourth-order valence-electron chi connectivity index (χ4n) is 3.62. The lowest BCUT2D eigenvalue weighted by Crippen LogP contribution is -2.38. The minimum atomic E-state index is -0.321. The van der Waals surface area contributed by atoms with Crippen LogP contribution in [0, 0.1) is 5.82 Å². The number of rotatable bonds is 6. The first kappa shape index (κ1) is 21.8. The molecular weight excluding hydrogens is 467 g/mol. The molecule has 32 heavy (non-hydrogen) atoms. The molecule has 0 radical (unpaired) electrons. The van der Waals surface area contributed by atoms with Gasteiger partial charge in [-0.1, -0.05) is 88.7 Å². The van der Waals surface area contributed by atoms with E-state index in [1.54, 1.807) is 17.0 Å². The van der Waals surface area contributed by atoms with E-state index in [-0.39, 0.29) is 17.9 Å². The number of hydrogen-bond acceptors (Lipinski definition) is 1. The second-order valence-electron chi connectivity index (χ2n) is 7.42. The molecule has 0 saturated heterocycles. The number of anilines is 1. The van der Waals surface area contributed by atoms with E-state index in [9.17, 15) is 9.18 Å². The first-order valence-electron chi connectivity index (χ1n) is 10.3. The lowest BCUT2D eigenvalue weighted by Gasteiger charge is -2.33. The van der Waals surface area contributed by atoms with E-state index >= 15 is 0 Å². The molecule has 1 N–H and O–H groups in total. The van der Waals surface area contributed by atoms with Gasteiger partial charge in [0, 0.05) is 16.7 Å². The summed E-state index contributed by atoms with van der Waals surface area (Å²) in [5, 5.41) is 3.01. The van der Waals surface area contributed by atoms with Gasteiger partial charge in [-0.3, -0.25) is 0 Å². The van der Waals surface area contributed by atoms with E-state index in [0.717, 1.165) is 21.2 Å². The Balaban J connectivity index is 1.75. The smallest absolute Gasteiger partial charge is 0.309 e. The van der Waals surface area contributed by atoms with Crippen LogP contribution in [0.3, 0.4) is 0 Å². The molecule has 0 aliphatic heterocycles. The number of urea groups is 1. The molecule has 160 valence electrons. The zero-order valence-electron chi connectivity index (χ0n) is 17.3. The molecule has 0 fully saturated rings. The number of nitrogens with one attached hydrogen (secondary N) is 1. The maximum Gasteiger partial charge on any atom is 0.322 e. The number of carbonyl (C=O) groups is 1. The summed E-state index contributed by atoms with van der Waals surface area (Å²) in [7, 11) is 0. The van der Waals surface area contributed by atoms with E-state index in [1.165, 1.54) is 12.1 Å². The Bertz CT molecular complexity index is 1110. The Labute approximate surface area is 195 Å². The SMILES string of the molecule is O=C(Nc1ccc(Br)cc1)N(Cc1ccc(F)cc1)C(c1ccccc1)c1ccccc1. The average Bonchev–Trinajstić information content (AvgIpc) is 2.83. The highest BCUT2D eigenvalue weighted by atomic mass is 79.9. The van der Waals surface area contributed by atoms with Gasteiger partial charge in [0.1, 0.15) is 5.82 Å². The number of halogens is 2. The molecule has 4 aromatic carbocycles. The highest BCUT2D eigenvalue weighted by Gasteiger charge is 2.27. The Morgan fingerprint density at radius 1 is 0.781 bits per heavy atom. The number of nitrogens with zero attached hydrogens (tertiary/aromatic N) is 1. The molecule has 0 spiro atoms. The van der Waals surface area contributed by atoms with E-state index in [4.69, 9.17) is 0 Å². The van der Waals surface area contributed by atoms with Crippen molar-refractivity contribution in [2.45, 2.75) is 12.6 Å². The summed E-state index contributed by atoms with van der Waals surface area (Å²) >= 11 is 3.42. The number of hydrogen-bond donors (Lipinski definition) is 1. The maximum atomic E-state index is 13.6. The molecule has 0 heterocycles. The summed E-state index contributed by atoms with van der Waals surface area (Å²) in [4.78, 5) is 15.4. The summed E-state index contributed by atoms with van der Waals surface area (Å²) in [5.41, 5.74) is 3.52. The number of benzene rings is 4. The maximum absolute atomic E-state index is 13.6. The predicted octanol–water partition coefficient (Wildman–Crippen LogP) is 7.41. The highest BCUT2D eigenvalue weighted by molar-refractivity contribution is 9.10. The normalized spacial score (nSPS) is 10.7. The van der Waals surface area contributed by atoms with Gasteiger partial charge in [-0.2, -0.15) is 0 Å². The molecule has 0 saturated carbocycles. The predicted molar refractivity (Wildman–Crippen MR) is 130 cm³/mol. The fraction of sp³-hybridized carbons (Fsp3) is 0.0741. The fourth-order valence-corrected chi connectivity index (χ4v) is 3.88. The minimum Gasteiger partial charge on any atom is -0.309 e. The molecule has 3 nitrogen and oxygen atoms in total. The van der Waals surface area contributed by atoms with Crippen molar-refractivity contribution in [3.8, 4) is 0 Å². The van der Waals surface area contributed by atoms with Crippen LogP contribution in [0.2, 0.25) is 0 Å². The van der Waals surface area contributed by atoms with Crippen molar-refractivity contribution in [2.24, 2.45) is 0 Å². The first-order chi connectivity index (χ1) is 15.6. The summed E-state index contributed by atoms with van der Waals surface area (Å²) in [6, 6.07) is 33.0. The van der Waals surface area contributed by atoms with Gasteiger partial charge < -0.3 is 10.2 Å². The Morgan fingerprint density at radius 2 is 1.31 bits per heavy atom. The van der Waals surface area contributed by atoms with Gasteiger partial charge in [-0.15, -0.1) is 0 Å². The number of amides is 2. The monoisotopic (exact) mass is 488 g/mol. The van der Waals surface area contributed by atoms with Gasteiger partial charge in [0.25, 0.3) is 0 Å². The molecule has 0 aliphatic carbocycles. The van der Waals surface area contributed by atoms with Crippen molar-refractivity contribution in [1.82, 2.24) is 4.90 Å². The number of carbonyl (C=O) groups excluding carboxylic acids is 1. The van der Waals surface area contributed by atoms with Crippen LogP contribution in [-0.4, -0.2) is 10.9 Å². The molecule has 0 unspecified atom stereocenters. The Hall–Kier alpha value is -3.44. The van der Waals surface area contributed by atoms with E-state index < -0.39 is 0 Å². The molecule has 0 aliphatic rings. The molecule has 5 heteroatoms. The van der Waals surface area contributed by atoms with E-state index in [0.29, 0.717) is 12.2 Å². The first-order valence-corrected chi connectivity index (χ1v) is 11.1. The van der Waals surface area contributed by atoms with Gasteiger partial charge >= 0.3 is 6.03 Å². The minimum absolute atomic E-state index is 0.241. The molecule has 0 aromatic heterocycles. The van der Waals surface area contributed by atoms with Gasteiger partial charge in [0.05, 0.1) is 6.04 Å². The van der Waals surface area contributed by atoms with Crippen LogP contribution in [0.5, 0.6) is 0 Å². The van der Waals surface area contributed by atoms with Crippen molar-refractivity contribution < 1.29 is 9.18 Å². The molecule has 4 rings (SSSR count). The van der Waals surface area contributed by atoms with Crippen LogP contribution in [0.15, 0.2) is 114 Å². The third kappa shape index (κ3) is 5.42. The summed E-state index contributed by atoms with van der Waals surface area (Å²) in [6.07, 6.45) is 0. The average molecular weight is 489 g/mol. The second-order valence-corrected chi connectivity index (χ2v) is 8.33. The van der Waals surface area contributed by atoms with Crippen LogP contribution in [-0.2, 0) is 6.54 Å². The van der Waals surface area contributed by atoms with Gasteiger partial charge in [0.2, 0.25) is 0 Å². The van der Waals surface area contributed by atoms with E-state index in [2.05, 4.69) is 21.2 Å². The van der Waals surface area contributed by atoms with Gasteiger partial charge in [0.15, 0.2) is 0 Å². The van der Waals surface area contributed by atoms with Crippen molar-refractivity contribution in [3.63, 3.8) is 0 Å². The van der Waals surface area contributed by atoms with Crippen LogP contribution in [0.25, 0.3) is 0 Å². The molecule has 0 atom stereocenters. The summed E-state index contributed by atoms with van der Waals surface area (Å²) in [5.74, 6) is -0.303. The Kier molecular flexibility index (Phi) is 6.97. The second kappa shape index (κ2) is 10.2. The zero-order valence-corrected chi connectivity index (χ0v) is 18.9. The topological polar surface area (TPSA) is 32.3 Å². The molecule has 4 aromatic rings. The molecule has 2 amide bonds. The largest absolute Gasteiger partial charge is 0.322 e. The van der Waals surface area contributed by atoms with Gasteiger partial charge in [-0.25, -0.2) is 9.18 Å². The standard InChI is InChI=1S/C27H22BrFN2O/c28-23-13-17-25(18-14-23)30-27(32)31(19-20-11-15-24(29)16-12-20)26(21-7-3-1-4-8-21)22-9-5-2-6-10-22/h1-18,26H,19H2,(H,30,32). The van der Waals surface area contributed by atoms with Crippen LogP contribution in [0.4, 0.5) is 14.9 Å². The van der Waals surface area contributed by atoms with E-state index in [1.807, 2.05) is 84.9 Å². The third-order valence-corrected chi connectivity index (χ3v) is 5.69.